The number of hydrogen-bond donors (Lipinski definition) is 2. The van der Waals surface area contributed by atoms with Crippen molar-refractivity contribution >= 4 is 23.1 Å². The lowest BCUT2D eigenvalue weighted by Gasteiger charge is -2.20. The Morgan fingerprint density at radius 1 is 1.22 bits per heavy atom. The van der Waals surface area contributed by atoms with Crippen LogP contribution in [-0.4, -0.2) is 22.1 Å². The van der Waals surface area contributed by atoms with E-state index in [0.29, 0.717) is 11.4 Å². The highest BCUT2D eigenvalue weighted by Crippen LogP contribution is 2.34. The molecule has 1 aliphatic heterocycles. The standard InChI is InChI=1S/C20H16F2N4O/c21-18(22)17-9-16(12-4-5-12)25-19-15(10-23-26(17)19)20(27)24-14-7-6-11-2-1-3-13(11)8-14/h4-10,18,25H,1-3H2,(H,24,27). The number of nitrogens with zero attached hydrogens (tertiary/aromatic N) is 2. The molecule has 136 valence electrons. The highest BCUT2D eigenvalue weighted by atomic mass is 19.3. The fraction of sp³-hybridized carbons (Fsp3) is 0.200. The van der Waals surface area contributed by atoms with Gasteiger partial charge in [-0.15, -0.1) is 0 Å². The van der Waals surface area contributed by atoms with Crippen molar-refractivity contribution in [3.05, 3.63) is 70.6 Å². The number of halogens is 2. The van der Waals surface area contributed by atoms with E-state index in [1.807, 2.05) is 30.4 Å². The van der Waals surface area contributed by atoms with Gasteiger partial charge in [-0.2, -0.15) is 5.10 Å². The third-order valence-electron chi connectivity index (χ3n) is 5.03. The van der Waals surface area contributed by atoms with Crippen LogP contribution in [0.3, 0.4) is 0 Å². The van der Waals surface area contributed by atoms with Crippen molar-refractivity contribution in [2.24, 2.45) is 0 Å². The van der Waals surface area contributed by atoms with E-state index < -0.39 is 6.43 Å². The van der Waals surface area contributed by atoms with Gasteiger partial charge in [-0.1, -0.05) is 18.2 Å². The molecule has 5 rings (SSSR count). The quantitative estimate of drug-likeness (QED) is 0.864. The Morgan fingerprint density at radius 3 is 2.81 bits per heavy atom. The van der Waals surface area contributed by atoms with Gasteiger partial charge in [-0.25, -0.2) is 13.5 Å². The molecule has 0 atom stereocenters. The van der Waals surface area contributed by atoms with Crippen LogP contribution in [0, 0.1) is 0 Å². The van der Waals surface area contributed by atoms with Crippen LogP contribution in [0.25, 0.3) is 5.70 Å². The van der Waals surface area contributed by atoms with Crippen molar-refractivity contribution in [1.29, 1.82) is 0 Å². The molecule has 2 aromatic rings. The molecule has 0 bridgehead atoms. The van der Waals surface area contributed by atoms with E-state index in [0.717, 1.165) is 29.5 Å². The van der Waals surface area contributed by atoms with Crippen molar-refractivity contribution in [3.8, 4) is 0 Å². The minimum atomic E-state index is -2.70. The molecule has 0 spiro atoms. The number of rotatable bonds is 3. The lowest BCUT2D eigenvalue weighted by Crippen LogP contribution is -2.20. The fourth-order valence-corrected chi connectivity index (χ4v) is 3.58. The largest absolute Gasteiger partial charge is 0.339 e. The number of nitrogens with one attached hydrogen (secondary N) is 2. The van der Waals surface area contributed by atoms with Gasteiger partial charge in [0.05, 0.1) is 6.20 Å². The molecule has 3 aliphatic rings. The third kappa shape index (κ3) is 2.75. The van der Waals surface area contributed by atoms with E-state index in [1.54, 1.807) is 0 Å². The van der Waals surface area contributed by atoms with Crippen molar-refractivity contribution in [2.75, 3.05) is 10.6 Å². The van der Waals surface area contributed by atoms with Crippen LogP contribution in [-0.2, 0) is 12.8 Å². The van der Waals surface area contributed by atoms with E-state index >= 15 is 0 Å². The summed E-state index contributed by atoms with van der Waals surface area (Å²) >= 11 is 0. The fourth-order valence-electron chi connectivity index (χ4n) is 3.58. The van der Waals surface area contributed by atoms with Crippen LogP contribution in [0.4, 0.5) is 20.3 Å². The first-order chi connectivity index (χ1) is 13.1. The molecule has 1 aromatic carbocycles. The highest BCUT2D eigenvalue weighted by molar-refractivity contribution is 6.08. The van der Waals surface area contributed by atoms with E-state index in [2.05, 4.69) is 15.7 Å². The lowest BCUT2D eigenvalue weighted by atomic mass is 10.1. The average Bonchev–Trinajstić information content (AvgIpc) is 3.24. The number of alkyl halides is 2. The Hall–Kier alpha value is -3.22. The zero-order chi connectivity index (χ0) is 18.5. The maximum Gasteiger partial charge on any atom is 0.280 e. The van der Waals surface area contributed by atoms with Gasteiger partial charge in [-0.3, -0.25) is 4.79 Å². The molecule has 0 fully saturated rings. The van der Waals surface area contributed by atoms with Gasteiger partial charge in [0.15, 0.2) is 0 Å². The van der Waals surface area contributed by atoms with Crippen LogP contribution in [0.1, 0.15) is 27.9 Å². The predicted molar refractivity (Wildman–Crippen MR) is 98.7 cm³/mol. The number of aryl methyl sites for hydroxylation is 2. The average molecular weight is 366 g/mol. The van der Waals surface area contributed by atoms with Crippen molar-refractivity contribution in [3.63, 3.8) is 0 Å². The topological polar surface area (TPSA) is 59.0 Å². The molecule has 0 unspecified atom stereocenters. The summed E-state index contributed by atoms with van der Waals surface area (Å²) in [5, 5.41) is 9.90. The Bertz CT molecular complexity index is 1050. The van der Waals surface area contributed by atoms with Crippen molar-refractivity contribution < 1.29 is 13.6 Å². The van der Waals surface area contributed by atoms with Gasteiger partial charge in [0.25, 0.3) is 12.3 Å². The van der Waals surface area contributed by atoms with Crippen molar-refractivity contribution in [2.45, 2.75) is 25.7 Å². The molecule has 7 heteroatoms. The van der Waals surface area contributed by atoms with Crippen LogP contribution in [0.2, 0.25) is 0 Å². The zero-order valence-corrected chi connectivity index (χ0v) is 14.3. The number of carbonyl (C=O) groups is 1. The van der Waals surface area contributed by atoms with Gasteiger partial charge >= 0.3 is 0 Å². The minimum absolute atomic E-state index is 0.223. The highest BCUT2D eigenvalue weighted by Gasteiger charge is 2.29. The minimum Gasteiger partial charge on any atom is -0.339 e. The molecule has 2 heterocycles. The predicted octanol–water partition coefficient (Wildman–Crippen LogP) is 3.98. The van der Waals surface area contributed by atoms with E-state index in [4.69, 9.17) is 0 Å². The molecule has 1 aromatic heterocycles. The summed E-state index contributed by atoms with van der Waals surface area (Å²) < 4.78 is 28.0. The first-order valence-electron chi connectivity index (χ1n) is 8.81. The summed E-state index contributed by atoms with van der Waals surface area (Å²) in [6.07, 6.45) is 6.82. The zero-order valence-electron chi connectivity index (χ0n) is 14.3. The van der Waals surface area contributed by atoms with Crippen molar-refractivity contribution in [1.82, 2.24) is 9.78 Å². The normalized spacial score (nSPS) is 16.8. The number of benzene rings is 1. The van der Waals surface area contributed by atoms with Crippen LogP contribution in [0.15, 0.2) is 53.9 Å². The van der Waals surface area contributed by atoms with Gasteiger partial charge in [0, 0.05) is 11.4 Å². The second kappa shape index (κ2) is 5.90. The van der Waals surface area contributed by atoms with E-state index in [1.165, 1.54) is 23.4 Å². The molecular formula is C20H16F2N4O. The smallest absolute Gasteiger partial charge is 0.280 e. The number of anilines is 2. The summed E-state index contributed by atoms with van der Waals surface area (Å²) in [5.74, 6) is -0.132. The lowest BCUT2D eigenvalue weighted by molar-refractivity contribution is 0.102. The molecule has 2 aliphatic carbocycles. The second-order valence-corrected chi connectivity index (χ2v) is 6.81. The van der Waals surface area contributed by atoms with Gasteiger partial charge < -0.3 is 10.6 Å². The summed E-state index contributed by atoms with van der Waals surface area (Å²) in [5.41, 5.74) is 4.62. The van der Waals surface area contributed by atoms with Crippen LogP contribution < -0.4 is 10.6 Å². The summed E-state index contributed by atoms with van der Waals surface area (Å²) in [7, 11) is 0. The molecule has 0 radical (unpaired) electrons. The maximum atomic E-state index is 13.4. The monoisotopic (exact) mass is 366 g/mol. The summed E-state index contributed by atoms with van der Waals surface area (Å²) in [6, 6.07) is 5.88. The molecule has 0 saturated carbocycles. The number of carbonyl (C=O) groups excluding carboxylic acids is 1. The van der Waals surface area contributed by atoms with E-state index in [-0.39, 0.29) is 23.0 Å². The molecular weight excluding hydrogens is 350 g/mol. The molecule has 27 heavy (non-hydrogen) atoms. The number of allylic oxidation sites excluding steroid dienone is 5. The van der Waals surface area contributed by atoms with Gasteiger partial charge in [-0.05, 0) is 54.2 Å². The molecule has 5 nitrogen and oxygen atoms in total. The SMILES string of the molecule is O=C(Nc1ccc2c(c1)CCC2)c1cnn2c1NC(=C1C=C1)C=C2C(F)F. The number of aromatic nitrogens is 2. The molecule has 2 N–H and O–H groups in total. The molecule has 0 saturated heterocycles. The van der Waals surface area contributed by atoms with E-state index in [9.17, 15) is 13.6 Å². The summed E-state index contributed by atoms with van der Waals surface area (Å²) in [4.78, 5) is 12.8. The summed E-state index contributed by atoms with van der Waals surface area (Å²) in [6.45, 7) is 0. The Balaban J connectivity index is 1.46. The second-order valence-electron chi connectivity index (χ2n) is 6.81. The molecule has 1 amide bonds. The van der Waals surface area contributed by atoms with Gasteiger partial charge in [0.1, 0.15) is 17.1 Å². The Labute approximate surface area is 154 Å². The number of hydrogen-bond acceptors (Lipinski definition) is 3. The maximum absolute atomic E-state index is 13.4. The number of amides is 1. The number of fused-ring (bicyclic) bond motifs is 2. The first kappa shape index (κ1) is 16.0. The Kier molecular flexibility index (Phi) is 3.50. The van der Waals surface area contributed by atoms with Gasteiger partial charge in [0.2, 0.25) is 0 Å². The van der Waals surface area contributed by atoms with Crippen LogP contribution >= 0.6 is 0 Å². The first-order valence-corrected chi connectivity index (χ1v) is 8.81. The Morgan fingerprint density at radius 2 is 2.04 bits per heavy atom. The van der Waals surface area contributed by atoms with Crippen LogP contribution in [0.5, 0.6) is 0 Å². The third-order valence-corrected chi connectivity index (χ3v) is 5.03.